The van der Waals surface area contributed by atoms with Gasteiger partial charge in [0.05, 0.1) is 31.4 Å². The maximum Gasteiger partial charge on any atom is 0.416 e. The van der Waals surface area contributed by atoms with E-state index in [2.05, 4.69) is 13.2 Å². The Morgan fingerprint density at radius 3 is 1.18 bits per heavy atom. The van der Waals surface area contributed by atoms with Crippen molar-refractivity contribution in [1.82, 2.24) is 8.61 Å². The molecule has 0 N–H and O–H groups in total. The van der Waals surface area contributed by atoms with Crippen LogP contribution in [0.1, 0.15) is 100 Å². The highest BCUT2D eigenvalue weighted by Gasteiger charge is 2.59. The Bertz CT molecular complexity index is 3070. The fourth-order valence-electron chi connectivity index (χ4n) is 12.0. The molecular weight excluding hydrogens is 1100 g/mol. The second-order valence-corrected chi connectivity index (χ2v) is 28.6. The first-order valence-corrected chi connectivity index (χ1v) is 30.3. The Labute approximate surface area is 436 Å². The summed E-state index contributed by atoms with van der Waals surface area (Å²) in [7, 11) is -16.5. The fraction of sp³-hybridized carbons (Fsp3) is 0.462. The number of sulfonamides is 2. The number of nitrogens with zero attached hydrogens (tertiary/aromatic N) is 2. The summed E-state index contributed by atoms with van der Waals surface area (Å²) in [5.74, 6) is -4.70. The third-order valence-electron chi connectivity index (χ3n) is 15.7. The Balaban J connectivity index is 0.000000221. The largest absolute Gasteiger partial charge is 0.416 e. The van der Waals surface area contributed by atoms with Crippen molar-refractivity contribution in [2.24, 2.45) is 11.8 Å². The molecule has 4 aliphatic rings. The molecule has 0 amide bonds. The van der Waals surface area contributed by atoms with Gasteiger partial charge in [-0.15, -0.1) is 13.2 Å². The quantitative estimate of drug-likeness (QED) is 0.101. The average Bonchev–Trinajstić information content (AvgIpc) is 3.36. The molecule has 2 aliphatic heterocycles. The van der Waals surface area contributed by atoms with E-state index >= 15 is 8.78 Å². The number of sulfone groups is 2. The van der Waals surface area contributed by atoms with Gasteiger partial charge in [-0.1, -0.05) is 26.0 Å². The maximum absolute atomic E-state index is 15.3. The summed E-state index contributed by atoms with van der Waals surface area (Å²) in [6.45, 7) is 10.7. The first kappa shape index (κ1) is 59.0. The molecule has 2 heterocycles. The number of fused-ring (bicyclic) bond motifs is 2. The molecule has 2 aliphatic carbocycles. The summed E-state index contributed by atoms with van der Waals surface area (Å²) in [4.78, 5) is -0.905. The fourth-order valence-corrected chi connectivity index (χ4v) is 21.0. The zero-order valence-corrected chi connectivity index (χ0v) is 44.4. The first-order valence-electron chi connectivity index (χ1n) is 24.4. The highest BCUT2D eigenvalue weighted by atomic mass is 32.2. The maximum atomic E-state index is 15.3. The van der Waals surface area contributed by atoms with Crippen LogP contribution in [0.3, 0.4) is 0 Å². The van der Waals surface area contributed by atoms with E-state index in [-0.39, 0.29) is 77.3 Å². The van der Waals surface area contributed by atoms with Gasteiger partial charge in [0.1, 0.15) is 32.8 Å². The van der Waals surface area contributed by atoms with Crippen LogP contribution in [-0.2, 0) is 61.6 Å². The van der Waals surface area contributed by atoms with Gasteiger partial charge in [-0.2, -0.15) is 35.0 Å². The molecule has 8 atom stereocenters. The number of halogens is 10. The predicted molar refractivity (Wildman–Crippen MR) is 265 cm³/mol. The minimum absolute atomic E-state index is 0.0208. The molecule has 0 unspecified atom stereocenters. The first-order chi connectivity index (χ1) is 35.4. The normalized spacial score (nSPS) is 28.0. The summed E-state index contributed by atoms with van der Waals surface area (Å²) in [6.07, 6.45) is -6.59. The zero-order chi connectivity index (χ0) is 56.2. The lowest BCUT2D eigenvalue weighted by atomic mass is 9.72. The lowest BCUT2D eigenvalue weighted by Gasteiger charge is -2.51. The third-order valence-corrected chi connectivity index (χ3v) is 25.6. The van der Waals surface area contributed by atoms with Crippen LogP contribution in [0.5, 0.6) is 0 Å². The molecule has 2 saturated carbocycles. The van der Waals surface area contributed by atoms with Crippen LogP contribution in [0.15, 0.2) is 120 Å². The predicted octanol–water partition coefficient (Wildman–Crippen LogP) is 11.6. The van der Waals surface area contributed by atoms with Crippen LogP contribution in [-0.4, -0.2) is 78.0 Å². The molecule has 0 aromatic heterocycles. The summed E-state index contributed by atoms with van der Waals surface area (Å²) >= 11 is 0. The second-order valence-electron chi connectivity index (χ2n) is 19.8. The molecule has 416 valence electrons. The van der Waals surface area contributed by atoms with Crippen LogP contribution in [0.4, 0.5) is 43.9 Å². The zero-order valence-electron chi connectivity index (χ0n) is 41.2. The van der Waals surface area contributed by atoms with Gasteiger partial charge in [0, 0.05) is 36.3 Å². The molecular formula is C52H56F10N2O8S4. The van der Waals surface area contributed by atoms with Gasteiger partial charge < -0.3 is 0 Å². The topological polar surface area (TPSA) is 143 Å². The minimum atomic E-state index is -4.69. The van der Waals surface area contributed by atoms with Gasteiger partial charge >= 0.3 is 12.4 Å². The lowest BCUT2D eigenvalue weighted by molar-refractivity contribution is -0.138. The van der Waals surface area contributed by atoms with Crippen LogP contribution in [0, 0.1) is 35.1 Å². The van der Waals surface area contributed by atoms with Crippen LogP contribution >= 0.6 is 0 Å². The molecule has 0 spiro atoms. The Hall–Kier alpha value is -4.62. The Morgan fingerprint density at radius 1 is 0.566 bits per heavy atom. The van der Waals surface area contributed by atoms with Crippen molar-refractivity contribution in [3.63, 3.8) is 0 Å². The lowest BCUT2D eigenvalue weighted by Crippen LogP contribution is -2.58. The van der Waals surface area contributed by atoms with Gasteiger partial charge in [0.25, 0.3) is 0 Å². The van der Waals surface area contributed by atoms with E-state index in [1.54, 1.807) is 13.8 Å². The average molecular weight is 1160 g/mol. The van der Waals surface area contributed by atoms with Crippen molar-refractivity contribution < 1.29 is 77.6 Å². The Morgan fingerprint density at radius 2 is 0.895 bits per heavy atom. The van der Waals surface area contributed by atoms with Crippen molar-refractivity contribution in [3.05, 3.63) is 156 Å². The van der Waals surface area contributed by atoms with Crippen molar-refractivity contribution in [1.29, 1.82) is 0 Å². The monoisotopic (exact) mass is 1150 g/mol. The van der Waals surface area contributed by atoms with E-state index in [0.717, 1.165) is 60.7 Å². The van der Waals surface area contributed by atoms with E-state index in [1.165, 1.54) is 20.8 Å². The molecule has 8 rings (SSSR count). The van der Waals surface area contributed by atoms with Gasteiger partial charge in [0.15, 0.2) is 19.7 Å². The molecule has 4 aromatic carbocycles. The molecule has 24 heteroatoms. The van der Waals surface area contributed by atoms with E-state index in [0.29, 0.717) is 24.3 Å². The number of hydrogen-bond acceptors (Lipinski definition) is 8. The molecule has 0 bridgehead atoms. The molecule has 4 aromatic rings. The van der Waals surface area contributed by atoms with Crippen LogP contribution in [0.25, 0.3) is 0 Å². The van der Waals surface area contributed by atoms with Gasteiger partial charge in [-0.25, -0.2) is 51.2 Å². The number of benzene rings is 4. The molecule has 10 nitrogen and oxygen atoms in total. The third kappa shape index (κ3) is 10.5. The summed E-state index contributed by atoms with van der Waals surface area (Å²) in [5.41, 5.74) is -2.91. The number of hydrogen-bond donors (Lipinski definition) is 0. The Kier molecular flexibility index (Phi) is 16.7. The van der Waals surface area contributed by atoms with Crippen molar-refractivity contribution >= 4 is 39.7 Å². The van der Waals surface area contributed by atoms with Crippen molar-refractivity contribution in [2.75, 3.05) is 13.1 Å². The molecule has 0 radical (unpaired) electrons. The molecule has 2 saturated heterocycles. The SMILES string of the molecule is C=CCN1[C@H]2CC[C@@](c3cc(F)ccc3F)(S(=O)(=O)c3ccc(C(F)(F)F)cc3)C[C@H]2C[C@@H](CC)S1(=O)=O.C=CCN1[C@H]2CC[C@@](c3cc(F)ccc3F)(S(=O)(=O)c3ccc(C(F)(F)F)cc3)C[C@H]2C[C@H](CC)S1(=O)=O. The van der Waals surface area contributed by atoms with Gasteiger partial charge in [0.2, 0.25) is 20.0 Å². The smallest absolute Gasteiger partial charge is 0.223 e. The standard InChI is InChI=1S/2C26H28F5NO4S2/c2*1-3-13-32-24-11-12-25(22-15-19(27)7-10-23(22)28,16-17(24)14-20(4-2)38(32,35)36)37(33,34)21-8-5-18(6-9-21)26(29,30)31/h2*3,5-10,15,17,20,24H,1,4,11-14,16H2,2H3/t17-,20+,24+,25-;17-,20-,24+,25-/m11/s1. The second kappa shape index (κ2) is 21.6. The van der Waals surface area contributed by atoms with E-state index in [4.69, 9.17) is 0 Å². The van der Waals surface area contributed by atoms with E-state index < -0.39 is 151 Å². The number of alkyl halides is 6. The van der Waals surface area contributed by atoms with E-state index in [9.17, 15) is 68.8 Å². The van der Waals surface area contributed by atoms with Crippen LogP contribution < -0.4 is 0 Å². The highest BCUT2D eigenvalue weighted by molar-refractivity contribution is 7.93. The molecule has 76 heavy (non-hydrogen) atoms. The highest BCUT2D eigenvalue weighted by Crippen LogP contribution is 2.56. The minimum Gasteiger partial charge on any atom is -0.223 e. The molecule has 4 fully saturated rings. The summed E-state index contributed by atoms with van der Waals surface area (Å²) in [5, 5.41) is -1.60. The summed E-state index contributed by atoms with van der Waals surface area (Å²) < 4.78 is 246. The van der Waals surface area contributed by atoms with Crippen molar-refractivity contribution in [2.45, 2.75) is 132 Å². The van der Waals surface area contributed by atoms with Gasteiger partial charge in [-0.3, -0.25) is 0 Å². The summed E-state index contributed by atoms with van der Waals surface area (Å²) in [6, 6.07) is 9.70. The van der Waals surface area contributed by atoms with Crippen LogP contribution in [0.2, 0.25) is 0 Å². The number of rotatable bonds is 12. The van der Waals surface area contributed by atoms with Gasteiger partial charge in [-0.05, 0) is 161 Å². The van der Waals surface area contributed by atoms with Crippen molar-refractivity contribution in [3.8, 4) is 0 Å². The van der Waals surface area contributed by atoms with E-state index in [1.807, 2.05) is 0 Å².